The molecule has 0 N–H and O–H groups in total. The minimum absolute atomic E-state index is 0.0418. The maximum Gasteiger partial charge on any atom is 0.262 e. The molecule has 0 aromatic carbocycles. The SMILES string of the molecule is Cc1ncsc1CCOc1ccc(S(=O)(=O)Cl)cn1. The standard InChI is InChI=1S/C11H11ClN2O3S2/c1-8-10(18-7-14-8)4-5-17-11-3-2-9(6-13-11)19(12,15)16/h2-3,6-7H,4-5H2,1H3. The Morgan fingerprint density at radius 3 is 2.68 bits per heavy atom. The van der Waals surface area contributed by atoms with E-state index in [2.05, 4.69) is 9.97 Å². The van der Waals surface area contributed by atoms with E-state index in [9.17, 15) is 8.42 Å². The van der Waals surface area contributed by atoms with E-state index in [1.54, 1.807) is 16.8 Å². The van der Waals surface area contributed by atoms with Crippen molar-refractivity contribution in [2.45, 2.75) is 18.2 Å². The maximum absolute atomic E-state index is 11.0. The third-order valence-corrected chi connectivity index (χ3v) is 4.75. The van der Waals surface area contributed by atoms with Gasteiger partial charge in [0.25, 0.3) is 9.05 Å². The summed E-state index contributed by atoms with van der Waals surface area (Å²) in [5, 5.41) is 0. The van der Waals surface area contributed by atoms with Crippen molar-refractivity contribution in [1.82, 2.24) is 9.97 Å². The zero-order valence-electron chi connectivity index (χ0n) is 10.0. The molecule has 0 spiro atoms. The number of ether oxygens (including phenoxy) is 1. The Morgan fingerprint density at radius 1 is 1.37 bits per heavy atom. The second-order valence-corrected chi connectivity index (χ2v) is 7.23. The molecule has 0 saturated heterocycles. The highest BCUT2D eigenvalue weighted by molar-refractivity contribution is 8.13. The van der Waals surface area contributed by atoms with E-state index < -0.39 is 9.05 Å². The van der Waals surface area contributed by atoms with Crippen molar-refractivity contribution >= 4 is 31.1 Å². The largest absolute Gasteiger partial charge is 0.477 e. The van der Waals surface area contributed by atoms with Crippen LogP contribution in [0.1, 0.15) is 10.6 Å². The molecule has 0 aliphatic heterocycles. The number of nitrogens with zero attached hydrogens (tertiary/aromatic N) is 2. The molecule has 0 aliphatic carbocycles. The molecular weight excluding hydrogens is 308 g/mol. The molecule has 0 atom stereocenters. The van der Waals surface area contributed by atoms with Crippen LogP contribution in [0.5, 0.6) is 5.88 Å². The van der Waals surface area contributed by atoms with Gasteiger partial charge in [0.05, 0.1) is 24.0 Å². The Labute approximate surface area is 119 Å². The second kappa shape index (κ2) is 5.85. The highest BCUT2D eigenvalue weighted by Gasteiger charge is 2.10. The number of rotatable bonds is 5. The fraction of sp³-hybridized carbons (Fsp3) is 0.273. The first-order valence-corrected chi connectivity index (χ1v) is 8.58. The van der Waals surface area contributed by atoms with Gasteiger partial charge in [0, 0.05) is 28.0 Å². The summed E-state index contributed by atoms with van der Waals surface area (Å²) < 4.78 is 27.5. The molecular formula is C11H11ClN2O3S2. The van der Waals surface area contributed by atoms with Crippen LogP contribution in [0, 0.1) is 6.92 Å². The van der Waals surface area contributed by atoms with Crippen LogP contribution in [0.25, 0.3) is 0 Å². The van der Waals surface area contributed by atoms with Crippen molar-refractivity contribution in [3.63, 3.8) is 0 Å². The van der Waals surface area contributed by atoms with Gasteiger partial charge in [-0.15, -0.1) is 11.3 Å². The van der Waals surface area contributed by atoms with E-state index in [4.69, 9.17) is 15.4 Å². The first-order chi connectivity index (χ1) is 8.97. The van der Waals surface area contributed by atoms with Crippen molar-refractivity contribution in [2.24, 2.45) is 0 Å². The number of hydrogen-bond acceptors (Lipinski definition) is 6. The minimum atomic E-state index is -3.73. The molecule has 0 amide bonds. The van der Waals surface area contributed by atoms with E-state index in [0.29, 0.717) is 12.5 Å². The lowest BCUT2D eigenvalue weighted by molar-refractivity contribution is 0.310. The monoisotopic (exact) mass is 318 g/mol. The second-order valence-electron chi connectivity index (χ2n) is 3.73. The van der Waals surface area contributed by atoms with Gasteiger partial charge in [-0.2, -0.15) is 0 Å². The van der Waals surface area contributed by atoms with Crippen LogP contribution in [0.2, 0.25) is 0 Å². The summed E-state index contributed by atoms with van der Waals surface area (Å²) in [5.41, 5.74) is 2.80. The third-order valence-electron chi connectivity index (χ3n) is 2.41. The molecule has 0 radical (unpaired) electrons. The fourth-order valence-electron chi connectivity index (χ4n) is 1.41. The Hall–Kier alpha value is -1.18. The van der Waals surface area contributed by atoms with E-state index >= 15 is 0 Å². The highest BCUT2D eigenvalue weighted by atomic mass is 35.7. The van der Waals surface area contributed by atoms with Gasteiger partial charge in [-0.1, -0.05) is 0 Å². The van der Waals surface area contributed by atoms with E-state index in [1.165, 1.54) is 23.2 Å². The van der Waals surface area contributed by atoms with Crippen LogP contribution in [0.15, 0.2) is 28.7 Å². The smallest absolute Gasteiger partial charge is 0.262 e. The molecule has 2 aromatic rings. The normalized spacial score (nSPS) is 11.5. The van der Waals surface area contributed by atoms with Gasteiger partial charge in [-0.25, -0.2) is 18.4 Å². The van der Waals surface area contributed by atoms with E-state index in [-0.39, 0.29) is 4.90 Å². The first-order valence-electron chi connectivity index (χ1n) is 5.39. The van der Waals surface area contributed by atoms with Gasteiger partial charge in [0.15, 0.2) is 0 Å². The van der Waals surface area contributed by atoms with Crippen LogP contribution in [0.3, 0.4) is 0 Å². The van der Waals surface area contributed by atoms with Gasteiger partial charge in [0.1, 0.15) is 4.90 Å². The predicted octanol–water partition coefficient (Wildman–Crippen LogP) is 2.40. The summed E-state index contributed by atoms with van der Waals surface area (Å²) in [6.07, 6.45) is 1.92. The molecule has 19 heavy (non-hydrogen) atoms. The molecule has 2 heterocycles. The van der Waals surface area contributed by atoms with Crippen molar-refractivity contribution in [3.8, 4) is 5.88 Å². The van der Waals surface area contributed by atoms with Gasteiger partial charge < -0.3 is 4.74 Å². The summed E-state index contributed by atoms with van der Waals surface area (Å²) in [4.78, 5) is 9.16. The molecule has 2 rings (SSSR count). The lowest BCUT2D eigenvalue weighted by atomic mass is 10.3. The Bertz CT molecular complexity index is 653. The average molecular weight is 319 g/mol. The first kappa shape index (κ1) is 14.2. The summed E-state index contributed by atoms with van der Waals surface area (Å²) in [6, 6.07) is 2.84. The van der Waals surface area contributed by atoms with Gasteiger partial charge in [-0.3, -0.25) is 0 Å². The highest BCUT2D eigenvalue weighted by Crippen LogP contribution is 2.17. The zero-order valence-corrected chi connectivity index (χ0v) is 12.4. The molecule has 0 aliphatic rings. The lowest BCUT2D eigenvalue weighted by Crippen LogP contribution is -2.03. The fourth-order valence-corrected chi connectivity index (χ4v) is 2.86. The zero-order chi connectivity index (χ0) is 13.9. The molecule has 2 aromatic heterocycles. The van der Waals surface area contributed by atoms with Crippen LogP contribution in [0.4, 0.5) is 0 Å². The topological polar surface area (TPSA) is 69.2 Å². The molecule has 102 valence electrons. The van der Waals surface area contributed by atoms with Gasteiger partial charge in [0.2, 0.25) is 5.88 Å². The minimum Gasteiger partial charge on any atom is -0.477 e. The number of hydrogen-bond donors (Lipinski definition) is 0. The van der Waals surface area contributed by atoms with Crippen LogP contribution in [-0.4, -0.2) is 25.0 Å². The molecule has 5 nitrogen and oxygen atoms in total. The number of thiazole rings is 1. The number of pyridine rings is 1. The van der Waals surface area contributed by atoms with Crippen LogP contribution >= 0.6 is 22.0 Å². The summed E-state index contributed by atoms with van der Waals surface area (Å²) in [5.74, 6) is 0.367. The van der Waals surface area contributed by atoms with Crippen molar-refractivity contribution in [1.29, 1.82) is 0 Å². The van der Waals surface area contributed by atoms with Crippen molar-refractivity contribution < 1.29 is 13.2 Å². The third kappa shape index (κ3) is 3.89. The summed E-state index contributed by atoms with van der Waals surface area (Å²) in [6.45, 7) is 2.41. The Kier molecular flexibility index (Phi) is 4.38. The Balaban J connectivity index is 1.92. The van der Waals surface area contributed by atoms with Crippen LogP contribution < -0.4 is 4.74 Å². The van der Waals surface area contributed by atoms with Crippen molar-refractivity contribution in [3.05, 3.63) is 34.4 Å². The van der Waals surface area contributed by atoms with E-state index in [0.717, 1.165) is 12.1 Å². The van der Waals surface area contributed by atoms with Crippen molar-refractivity contribution in [2.75, 3.05) is 6.61 Å². The molecule has 8 heteroatoms. The van der Waals surface area contributed by atoms with Gasteiger partial charge >= 0.3 is 0 Å². The Morgan fingerprint density at radius 2 is 2.16 bits per heavy atom. The van der Waals surface area contributed by atoms with E-state index in [1.807, 2.05) is 6.92 Å². The average Bonchev–Trinajstić information content (AvgIpc) is 2.75. The maximum atomic E-state index is 11.0. The lowest BCUT2D eigenvalue weighted by Gasteiger charge is -2.04. The van der Waals surface area contributed by atoms with Crippen LogP contribution in [-0.2, 0) is 15.5 Å². The number of aromatic nitrogens is 2. The summed E-state index contributed by atoms with van der Waals surface area (Å²) >= 11 is 1.58. The molecule has 0 fully saturated rings. The van der Waals surface area contributed by atoms with Gasteiger partial charge in [-0.05, 0) is 13.0 Å². The molecule has 0 unspecified atom stereocenters. The summed E-state index contributed by atoms with van der Waals surface area (Å²) in [7, 11) is 1.45. The number of aryl methyl sites for hydroxylation is 1. The number of halogens is 1. The molecule has 0 bridgehead atoms. The molecule has 0 saturated carbocycles. The quantitative estimate of drug-likeness (QED) is 0.792. The predicted molar refractivity (Wildman–Crippen MR) is 73.3 cm³/mol.